The third-order valence-electron chi connectivity index (χ3n) is 2.97. The van der Waals surface area contributed by atoms with Crippen LogP contribution >= 0.6 is 11.3 Å². The lowest BCUT2D eigenvalue weighted by Crippen LogP contribution is -2.21. The van der Waals surface area contributed by atoms with Crippen LogP contribution in [0.2, 0.25) is 0 Å². The number of aryl methyl sites for hydroxylation is 1. The van der Waals surface area contributed by atoms with Gasteiger partial charge in [0.15, 0.2) is 0 Å². The van der Waals surface area contributed by atoms with Crippen molar-refractivity contribution in [2.45, 2.75) is 11.8 Å². The predicted molar refractivity (Wildman–Crippen MR) is 84.3 cm³/mol. The van der Waals surface area contributed by atoms with Crippen molar-refractivity contribution >= 4 is 33.0 Å². The van der Waals surface area contributed by atoms with Gasteiger partial charge < -0.3 is 5.32 Å². The van der Waals surface area contributed by atoms with Crippen LogP contribution in [0.1, 0.15) is 15.2 Å². The largest absolute Gasteiger partial charge is 0.321 e. The molecule has 0 unspecified atom stereocenters. The highest BCUT2D eigenvalue weighted by molar-refractivity contribution is 7.89. The quantitative estimate of drug-likeness (QED) is 0.940. The molecule has 0 radical (unpaired) electrons. The summed E-state index contributed by atoms with van der Waals surface area (Å²) in [4.78, 5) is 12.7. The van der Waals surface area contributed by atoms with E-state index >= 15 is 0 Å². The summed E-state index contributed by atoms with van der Waals surface area (Å²) >= 11 is 1.11. The molecule has 2 aromatic rings. The molecule has 1 heterocycles. The van der Waals surface area contributed by atoms with Crippen LogP contribution in [-0.2, 0) is 10.0 Å². The van der Waals surface area contributed by atoms with Crippen LogP contribution in [0.3, 0.4) is 0 Å². The molecule has 7 heteroatoms. The Hall–Kier alpha value is -1.70. The monoisotopic (exact) mass is 324 g/mol. The Morgan fingerprint density at radius 3 is 2.52 bits per heavy atom. The van der Waals surface area contributed by atoms with Crippen LogP contribution in [0.4, 0.5) is 5.69 Å². The van der Waals surface area contributed by atoms with Gasteiger partial charge in [-0.2, -0.15) is 0 Å². The molecule has 0 spiro atoms. The summed E-state index contributed by atoms with van der Waals surface area (Å²) < 4.78 is 25.1. The number of benzene rings is 1. The molecular weight excluding hydrogens is 308 g/mol. The number of carbonyl (C=O) groups is 1. The molecule has 1 N–H and O–H groups in total. The second-order valence-electron chi connectivity index (χ2n) is 4.70. The Bertz CT molecular complexity index is 764. The zero-order valence-electron chi connectivity index (χ0n) is 12.0. The molecule has 1 amide bonds. The maximum atomic E-state index is 12.2. The lowest BCUT2D eigenvalue weighted by Gasteiger charge is -2.08. The van der Waals surface area contributed by atoms with E-state index in [1.165, 1.54) is 25.5 Å². The minimum absolute atomic E-state index is 0.132. The molecule has 0 bridgehead atoms. The highest BCUT2D eigenvalue weighted by Gasteiger charge is 2.21. The minimum atomic E-state index is -3.51. The number of hydrogen-bond acceptors (Lipinski definition) is 4. The van der Waals surface area contributed by atoms with Gasteiger partial charge in [0, 0.05) is 25.2 Å². The Labute approximate surface area is 128 Å². The van der Waals surface area contributed by atoms with Crippen LogP contribution in [-0.4, -0.2) is 32.7 Å². The average Bonchev–Trinajstić information content (AvgIpc) is 2.91. The van der Waals surface area contributed by atoms with Crippen LogP contribution in [0, 0.1) is 6.92 Å². The molecule has 0 aliphatic rings. The first-order chi connectivity index (χ1) is 9.82. The van der Waals surface area contributed by atoms with Gasteiger partial charge in [-0.1, -0.05) is 18.2 Å². The van der Waals surface area contributed by atoms with Crippen molar-refractivity contribution in [3.63, 3.8) is 0 Å². The lowest BCUT2D eigenvalue weighted by atomic mass is 10.2. The van der Waals surface area contributed by atoms with E-state index in [0.29, 0.717) is 10.6 Å². The molecule has 2 rings (SSSR count). The third-order valence-corrected chi connectivity index (χ3v) is 5.84. The predicted octanol–water partition coefficient (Wildman–Crippen LogP) is 2.56. The van der Waals surface area contributed by atoms with Crippen LogP contribution in [0.5, 0.6) is 0 Å². The van der Waals surface area contributed by atoms with Gasteiger partial charge in [-0.25, -0.2) is 12.7 Å². The Kier molecular flexibility index (Phi) is 4.46. The van der Waals surface area contributed by atoms with E-state index in [1.807, 2.05) is 25.1 Å². The molecule has 1 aromatic heterocycles. The number of thiophene rings is 1. The first kappa shape index (κ1) is 15.7. The maximum Gasteiger partial charge on any atom is 0.265 e. The van der Waals surface area contributed by atoms with Crippen molar-refractivity contribution in [1.29, 1.82) is 0 Å². The zero-order chi connectivity index (χ0) is 15.6. The van der Waals surface area contributed by atoms with E-state index in [9.17, 15) is 13.2 Å². The van der Waals surface area contributed by atoms with Crippen molar-refractivity contribution in [2.24, 2.45) is 0 Å². The van der Waals surface area contributed by atoms with Gasteiger partial charge in [0.1, 0.15) is 0 Å². The first-order valence-electron chi connectivity index (χ1n) is 6.20. The molecular formula is C14H16N2O3S2. The normalized spacial score (nSPS) is 11.6. The van der Waals surface area contributed by atoms with E-state index in [1.54, 1.807) is 6.07 Å². The molecule has 0 saturated heterocycles. The van der Waals surface area contributed by atoms with Crippen molar-refractivity contribution < 1.29 is 13.2 Å². The van der Waals surface area contributed by atoms with Gasteiger partial charge >= 0.3 is 0 Å². The number of hydrogen-bond donors (Lipinski definition) is 1. The van der Waals surface area contributed by atoms with Crippen molar-refractivity contribution in [3.05, 3.63) is 46.2 Å². The molecule has 0 atom stereocenters. The molecule has 21 heavy (non-hydrogen) atoms. The Morgan fingerprint density at radius 1 is 1.24 bits per heavy atom. The first-order valence-corrected chi connectivity index (χ1v) is 8.52. The summed E-state index contributed by atoms with van der Waals surface area (Å²) in [6, 6.07) is 8.81. The lowest BCUT2D eigenvalue weighted by molar-refractivity contribution is 0.103. The van der Waals surface area contributed by atoms with Gasteiger partial charge in [-0.05, 0) is 24.6 Å². The number of rotatable bonds is 4. The molecule has 112 valence electrons. The van der Waals surface area contributed by atoms with E-state index < -0.39 is 10.0 Å². The summed E-state index contributed by atoms with van der Waals surface area (Å²) in [5.41, 5.74) is 1.66. The van der Waals surface area contributed by atoms with E-state index in [0.717, 1.165) is 21.2 Å². The van der Waals surface area contributed by atoms with E-state index in [2.05, 4.69) is 5.32 Å². The number of para-hydroxylation sites is 1. The van der Waals surface area contributed by atoms with Gasteiger partial charge in [0.25, 0.3) is 5.91 Å². The molecule has 5 nitrogen and oxygen atoms in total. The number of carbonyl (C=O) groups excluding carboxylic acids is 1. The number of nitrogens with zero attached hydrogens (tertiary/aromatic N) is 1. The Morgan fingerprint density at radius 2 is 1.90 bits per heavy atom. The molecule has 0 aliphatic heterocycles. The maximum absolute atomic E-state index is 12.2. The van der Waals surface area contributed by atoms with E-state index in [-0.39, 0.29) is 10.8 Å². The van der Waals surface area contributed by atoms with Crippen molar-refractivity contribution in [2.75, 3.05) is 19.4 Å². The number of sulfonamides is 1. The average molecular weight is 324 g/mol. The molecule has 0 aliphatic carbocycles. The van der Waals surface area contributed by atoms with Crippen LogP contribution in [0.25, 0.3) is 0 Å². The second kappa shape index (κ2) is 5.97. The van der Waals surface area contributed by atoms with Gasteiger partial charge in [-0.15, -0.1) is 11.3 Å². The molecule has 0 saturated carbocycles. The third kappa shape index (κ3) is 3.31. The molecule has 0 fully saturated rings. The summed E-state index contributed by atoms with van der Waals surface area (Å²) in [6.45, 7) is 1.89. The standard InChI is InChI=1S/C14H16N2O3S2/c1-10-6-4-5-7-12(10)15-14(17)13-8-11(9-20-13)21(18,19)16(2)3/h4-9H,1-3H3,(H,15,17). The summed E-state index contributed by atoms with van der Waals surface area (Å²) in [7, 11) is -0.590. The molecule has 1 aromatic carbocycles. The highest BCUT2D eigenvalue weighted by atomic mass is 32.2. The van der Waals surface area contributed by atoms with Crippen molar-refractivity contribution in [3.8, 4) is 0 Å². The zero-order valence-corrected chi connectivity index (χ0v) is 13.6. The van der Waals surface area contributed by atoms with Crippen molar-refractivity contribution in [1.82, 2.24) is 4.31 Å². The highest BCUT2D eigenvalue weighted by Crippen LogP contribution is 2.23. The van der Waals surface area contributed by atoms with Gasteiger partial charge in [0.05, 0.1) is 9.77 Å². The van der Waals surface area contributed by atoms with Crippen LogP contribution in [0.15, 0.2) is 40.6 Å². The fourth-order valence-corrected chi connectivity index (χ4v) is 3.74. The second-order valence-corrected chi connectivity index (χ2v) is 7.77. The van der Waals surface area contributed by atoms with Gasteiger partial charge in [0.2, 0.25) is 10.0 Å². The van der Waals surface area contributed by atoms with E-state index in [4.69, 9.17) is 0 Å². The summed E-state index contributed by atoms with van der Waals surface area (Å²) in [5, 5.41) is 4.26. The Balaban J connectivity index is 2.23. The minimum Gasteiger partial charge on any atom is -0.321 e. The smallest absolute Gasteiger partial charge is 0.265 e. The van der Waals surface area contributed by atoms with Crippen LogP contribution < -0.4 is 5.32 Å². The summed E-state index contributed by atoms with van der Waals surface area (Å²) in [6.07, 6.45) is 0. The number of amides is 1. The van der Waals surface area contributed by atoms with Gasteiger partial charge in [-0.3, -0.25) is 4.79 Å². The summed E-state index contributed by atoms with van der Waals surface area (Å²) in [5.74, 6) is -0.311. The fourth-order valence-electron chi connectivity index (χ4n) is 1.68. The fraction of sp³-hybridized carbons (Fsp3) is 0.214. The SMILES string of the molecule is Cc1ccccc1NC(=O)c1cc(S(=O)(=O)N(C)C)cs1. The number of anilines is 1. The number of nitrogens with one attached hydrogen (secondary N) is 1. The topological polar surface area (TPSA) is 66.5 Å².